The lowest BCUT2D eigenvalue weighted by Crippen LogP contribution is -2.33. The Balaban J connectivity index is 0.00000182. The molecule has 4 rings (SSSR count). The van der Waals surface area contributed by atoms with Gasteiger partial charge in [-0.25, -0.2) is 4.98 Å². The van der Waals surface area contributed by atoms with Crippen LogP contribution in [0.4, 0.5) is 0 Å². The van der Waals surface area contributed by atoms with Crippen LogP contribution in [-0.4, -0.2) is 34.9 Å². The summed E-state index contributed by atoms with van der Waals surface area (Å²) >= 11 is 5.95. The van der Waals surface area contributed by atoms with Crippen LogP contribution in [0.5, 0.6) is 0 Å². The molecule has 3 heterocycles. The molecule has 1 aliphatic rings. The molecule has 0 radical (unpaired) electrons. The summed E-state index contributed by atoms with van der Waals surface area (Å²) in [4.78, 5) is 4.30. The molecule has 0 bridgehead atoms. The van der Waals surface area contributed by atoms with Crippen LogP contribution in [0.1, 0.15) is 11.7 Å². The second kappa shape index (κ2) is 7.97. The number of hydrogen-bond acceptors (Lipinski definition) is 4. The van der Waals surface area contributed by atoms with E-state index in [0.29, 0.717) is 5.15 Å². The molecule has 0 spiro atoms. The van der Waals surface area contributed by atoms with Gasteiger partial charge in [-0.1, -0.05) is 41.9 Å². The van der Waals surface area contributed by atoms with E-state index in [9.17, 15) is 0 Å². The Bertz CT molecular complexity index is 829. The minimum Gasteiger partial charge on any atom is -0.371 e. The molecule has 1 unspecified atom stereocenters. The van der Waals surface area contributed by atoms with Crippen molar-refractivity contribution in [2.75, 3.05) is 19.7 Å². The zero-order chi connectivity index (χ0) is 16.4. The van der Waals surface area contributed by atoms with Crippen molar-refractivity contribution in [2.24, 2.45) is 0 Å². The number of benzene rings is 1. The standard InChI is InChI=1S/C18H17ClN4O.ClH/c19-18-3-1-2-14(21-18)16-10-15(22-23-16)12-4-6-13(7-5-12)17-11-20-8-9-24-17;/h1-7,10,17,20H,8-9,11H2,(H,22,23);1H. The highest BCUT2D eigenvalue weighted by Gasteiger charge is 2.15. The fourth-order valence-electron chi connectivity index (χ4n) is 2.81. The highest BCUT2D eigenvalue weighted by molar-refractivity contribution is 6.29. The molecular weight excluding hydrogens is 359 g/mol. The Labute approximate surface area is 157 Å². The van der Waals surface area contributed by atoms with Crippen LogP contribution in [0.3, 0.4) is 0 Å². The number of aromatic nitrogens is 3. The number of rotatable bonds is 3. The summed E-state index contributed by atoms with van der Waals surface area (Å²) < 4.78 is 5.78. The molecule has 130 valence electrons. The number of morpholine rings is 1. The summed E-state index contributed by atoms with van der Waals surface area (Å²) in [5, 5.41) is 11.2. The third-order valence-corrected chi connectivity index (χ3v) is 4.29. The molecule has 0 aliphatic carbocycles. The first-order valence-electron chi connectivity index (χ1n) is 7.90. The van der Waals surface area contributed by atoms with Gasteiger partial charge in [0.15, 0.2) is 0 Å². The topological polar surface area (TPSA) is 62.8 Å². The summed E-state index contributed by atoms with van der Waals surface area (Å²) in [7, 11) is 0. The van der Waals surface area contributed by atoms with E-state index in [2.05, 4.69) is 44.8 Å². The van der Waals surface area contributed by atoms with Crippen LogP contribution >= 0.6 is 24.0 Å². The number of halogens is 2. The summed E-state index contributed by atoms with van der Waals surface area (Å²) in [6.45, 7) is 2.52. The van der Waals surface area contributed by atoms with Gasteiger partial charge in [0.2, 0.25) is 0 Å². The van der Waals surface area contributed by atoms with E-state index < -0.39 is 0 Å². The van der Waals surface area contributed by atoms with Gasteiger partial charge in [-0.05, 0) is 23.8 Å². The first kappa shape index (κ1) is 17.9. The quantitative estimate of drug-likeness (QED) is 0.680. The van der Waals surface area contributed by atoms with E-state index in [-0.39, 0.29) is 18.5 Å². The van der Waals surface area contributed by atoms with Crippen LogP contribution < -0.4 is 5.32 Å². The van der Waals surface area contributed by atoms with Crippen molar-refractivity contribution in [1.29, 1.82) is 0 Å². The Morgan fingerprint density at radius 1 is 1.08 bits per heavy atom. The highest BCUT2D eigenvalue weighted by Crippen LogP contribution is 2.26. The van der Waals surface area contributed by atoms with Crippen molar-refractivity contribution in [3.8, 4) is 22.6 Å². The normalized spacial score (nSPS) is 17.1. The van der Waals surface area contributed by atoms with Crippen molar-refractivity contribution in [2.45, 2.75) is 6.10 Å². The molecule has 1 atom stereocenters. The van der Waals surface area contributed by atoms with Gasteiger partial charge >= 0.3 is 0 Å². The average Bonchev–Trinajstić information content (AvgIpc) is 3.13. The Morgan fingerprint density at radius 3 is 2.64 bits per heavy atom. The molecule has 7 heteroatoms. The second-order valence-electron chi connectivity index (χ2n) is 5.70. The monoisotopic (exact) mass is 376 g/mol. The lowest BCUT2D eigenvalue weighted by Gasteiger charge is -2.24. The minimum atomic E-state index is 0. The van der Waals surface area contributed by atoms with Crippen molar-refractivity contribution in [3.63, 3.8) is 0 Å². The minimum absolute atomic E-state index is 0. The molecule has 3 aromatic rings. The zero-order valence-electron chi connectivity index (χ0n) is 13.4. The van der Waals surface area contributed by atoms with E-state index in [1.54, 1.807) is 6.07 Å². The van der Waals surface area contributed by atoms with E-state index in [1.165, 1.54) is 5.56 Å². The average molecular weight is 377 g/mol. The van der Waals surface area contributed by atoms with Crippen LogP contribution in [-0.2, 0) is 4.74 Å². The van der Waals surface area contributed by atoms with Crippen LogP contribution in [0.2, 0.25) is 5.15 Å². The van der Waals surface area contributed by atoms with E-state index in [0.717, 1.165) is 42.3 Å². The number of nitrogens with zero attached hydrogens (tertiary/aromatic N) is 2. The summed E-state index contributed by atoms with van der Waals surface area (Å²) in [6.07, 6.45) is 0.123. The Hall–Kier alpha value is -1.92. The third kappa shape index (κ3) is 4.02. The molecule has 1 fully saturated rings. The molecule has 0 amide bonds. The van der Waals surface area contributed by atoms with Gasteiger partial charge in [0.1, 0.15) is 5.15 Å². The summed E-state index contributed by atoms with van der Waals surface area (Å²) in [5.41, 5.74) is 4.72. The number of aromatic amines is 1. The van der Waals surface area contributed by atoms with Crippen molar-refractivity contribution < 1.29 is 4.74 Å². The van der Waals surface area contributed by atoms with Gasteiger partial charge in [-0.15, -0.1) is 12.4 Å². The van der Waals surface area contributed by atoms with Crippen LogP contribution in [0.25, 0.3) is 22.6 Å². The largest absolute Gasteiger partial charge is 0.371 e. The van der Waals surface area contributed by atoms with Gasteiger partial charge in [0.05, 0.1) is 29.8 Å². The molecule has 5 nitrogen and oxygen atoms in total. The molecule has 2 N–H and O–H groups in total. The molecular formula is C18H18Cl2N4O. The van der Waals surface area contributed by atoms with Crippen LogP contribution in [0, 0.1) is 0 Å². The smallest absolute Gasteiger partial charge is 0.129 e. The second-order valence-corrected chi connectivity index (χ2v) is 6.09. The molecule has 1 saturated heterocycles. The fourth-order valence-corrected chi connectivity index (χ4v) is 2.97. The Kier molecular flexibility index (Phi) is 5.71. The van der Waals surface area contributed by atoms with E-state index in [1.807, 2.05) is 18.2 Å². The van der Waals surface area contributed by atoms with Crippen molar-refractivity contribution in [3.05, 3.63) is 59.2 Å². The maximum Gasteiger partial charge on any atom is 0.129 e. The molecule has 1 aromatic carbocycles. The maximum atomic E-state index is 5.95. The van der Waals surface area contributed by atoms with Crippen LogP contribution in [0.15, 0.2) is 48.5 Å². The van der Waals surface area contributed by atoms with E-state index in [4.69, 9.17) is 16.3 Å². The molecule has 0 saturated carbocycles. The van der Waals surface area contributed by atoms with Gasteiger partial charge in [-0.2, -0.15) is 5.10 Å². The lowest BCUT2D eigenvalue weighted by molar-refractivity contribution is 0.0277. The van der Waals surface area contributed by atoms with E-state index >= 15 is 0 Å². The fraction of sp³-hybridized carbons (Fsp3) is 0.222. The molecule has 25 heavy (non-hydrogen) atoms. The number of H-pyrrole nitrogens is 1. The predicted octanol–water partition coefficient (Wildman–Crippen LogP) is 3.87. The first-order valence-corrected chi connectivity index (χ1v) is 8.28. The third-order valence-electron chi connectivity index (χ3n) is 4.07. The van der Waals surface area contributed by atoms with Gasteiger partial charge in [-0.3, -0.25) is 5.10 Å². The SMILES string of the molecule is Cl.Clc1cccc(-c2cc(-c3ccc(C4CNCCO4)cc3)n[nH]2)n1. The molecule has 1 aliphatic heterocycles. The number of ether oxygens (including phenoxy) is 1. The highest BCUT2D eigenvalue weighted by atomic mass is 35.5. The van der Waals surface area contributed by atoms with Gasteiger partial charge in [0.25, 0.3) is 0 Å². The summed E-state index contributed by atoms with van der Waals surface area (Å²) in [6, 6.07) is 15.8. The summed E-state index contributed by atoms with van der Waals surface area (Å²) in [5.74, 6) is 0. The number of pyridine rings is 1. The zero-order valence-corrected chi connectivity index (χ0v) is 15.0. The van der Waals surface area contributed by atoms with Crippen molar-refractivity contribution in [1.82, 2.24) is 20.5 Å². The van der Waals surface area contributed by atoms with Crippen molar-refractivity contribution >= 4 is 24.0 Å². The number of nitrogens with one attached hydrogen (secondary N) is 2. The Morgan fingerprint density at radius 2 is 1.92 bits per heavy atom. The van der Waals surface area contributed by atoms with Gasteiger partial charge in [0, 0.05) is 18.7 Å². The maximum absolute atomic E-state index is 5.95. The predicted molar refractivity (Wildman–Crippen MR) is 101 cm³/mol. The van der Waals surface area contributed by atoms with Gasteiger partial charge < -0.3 is 10.1 Å². The number of hydrogen-bond donors (Lipinski definition) is 2. The molecule has 2 aromatic heterocycles. The first-order chi connectivity index (χ1) is 11.8. The lowest BCUT2D eigenvalue weighted by atomic mass is 10.0.